The van der Waals surface area contributed by atoms with Crippen LogP contribution in [0.15, 0.2) is 30.6 Å². The molecule has 2 rings (SSSR count). The van der Waals surface area contributed by atoms with Gasteiger partial charge in [-0.2, -0.15) is 0 Å². The molecule has 1 heterocycles. The quantitative estimate of drug-likeness (QED) is 0.920. The fourth-order valence-corrected chi connectivity index (χ4v) is 2.40. The fourth-order valence-electron chi connectivity index (χ4n) is 1.92. The number of nitrogens with one attached hydrogen (secondary N) is 1. The zero-order valence-electron chi connectivity index (χ0n) is 11.2. The molecule has 0 aliphatic heterocycles. The lowest BCUT2D eigenvalue weighted by molar-refractivity contribution is 0.394. The van der Waals surface area contributed by atoms with Crippen LogP contribution in [0.2, 0.25) is 10.0 Å². The minimum atomic E-state index is 0.0191. The van der Waals surface area contributed by atoms with Crippen LogP contribution in [0.1, 0.15) is 17.3 Å². The molecule has 20 heavy (non-hydrogen) atoms. The third-order valence-electron chi connectivity index (χ3n) is 3.02. The van der Waals surface area contributed by atoms with E-state index in [-0.39, 0.29) is 6.04 Å². The van der Waals surface area contributed by atoms with E-state index in [9.17, 15) is 0 Å². The predicted molar refractivity (Wildman–Crippen MR) is 80.6 cm³/mol. The van der Waals surface area contributed by atoms with Crippen molar-refractivity contribution in [1.82, 2.24) is 15.3 Å². The van der Waals surface area contributed by atoms with Gasteiger partial charge in [0.15, 0.2) is 0 Å². The Morgan fingerprint density at radius 3 is 2.70 bits per heavy atom. The third-order valence-corrected chi connectivity index (χ3v) is 3.60. The Kier molecular flexibility index (Phi) is 5.17. The Morgan fingerprint density at radius 1 is 1.25 bits per heavy atom. The fraction of sp³-hybridized carbons (Fsp3) is 0.286. The molecule has 1 atom stereocenters. The van der Waals surface area contributed by atoms with Crippen LogP contribution in [0.25, 0.3) is 0 Å². The summed E-state index contributed by atoms with van der Waals surface area (Å²) in [5.41, 5.74) is 1.86. The zero-order chi connectivity index (χ0) is 14.5. The maximum absolute atomic E-state index is 6.21. The van der Waals surface area contributed by atoms with Crippen molar-refractivity contribution in [3.63, 3.8) is 0 Å². The predicted octanol–water partition coefficient (Wildman–Crippen LogP) is 3.30. The largest absolute Gasteiger partial charge is 0.481 e. The topological polar surface area (TPSA) is 47.0 Å². The maximum atomic E-state index is 6.21. The van der Waals surface area contributed by atoms with Crippen molar-refractivity contribution in [2.75, 3.05) is 14.2 Å². The summed E-state index contributed by atoms with van der Waals surface area (Å²) in [4.78, 5) is 8.29. The lowest BCUT2D eigenvalue weighted by atomic mass is 10.0. The van der Waals surface area contributed by atoms with Crippen molar-refractivity contribution in [1.29, 1.82) is 0 Å². The van der Waals surface area contributed by atoms with E-state index in [1.807, 2.05) is 25.2 Å². The normalized spacial score (nSPS) is 12.2. The molecule has 2 aromatic rings. The molecule has 1 aromatic heterocycles. The van der Waals surface area contributed by atoms with Crippen LogP contribution in [-0.4, -0.2) is 24.1 Å². The highest BCUT2D eigenvalue weighted by molar-refractivity contribution is 6.35. The summed E-state index contributed by atoms with van der Waals surface area (Å²) in [5.74, 6) is 0.539. The minimum Gasteiger partial charge on any atom is -0.481 e. The maximum Gasteiger partial charge on any atom is 0.216 e. The lowest BCUT2D eigenvalue weighted by Gasteiger charge is -2.17. The van der Waals surface area contributed by atoms with E-state index >= 15 is 0 Å². The van der Waals surface area contributed by atoms with Gasteiger partial charge < -0.3 is 10.1 Å². The summed E-state index contributed by atoms with van der Waals surface area (Å²) >= 11 is 12.1. The van der Waals surface area contributed by atoms with Crippen molar-refractivity contribution in [3.05, 3.63) is 51.9 Å². The van der Waals surface area contributed by atoms with Gasteiger partial charge in [-0.15, -0.1) is 0 Å². The standard InChI is InChI=1S/C14H15Cl2N3O/c1-17-12(13-7-14(20-2)19-8-18-13)5-9-3-4-10(15)6-11(9)16/h3-4,6-8,12,17H,5H2,1-2H3. The van der Waals surface area contributed by atoms with Crippen molar-refractivity contribution < 1.29 is 4.74 Å². The average molecular weight is 312 g/mol. The summed E-state index contributed by atoms with van der Waals surface area (Å²) in [7, 11) is 3.46. The second-order valence-corrected chi connectivity index (χ2v) is 5.11. The molecule has 0 radical (unpaired) electrons. The number of nitrogens with zero attached hydrogens (tertiary/aromatic N) is 2. The first-order chi connectivity index (χ1) is 9.63. The number of ether oxygens (including phenoxy) is 1. The molecule has 0 saturated heterocycles. The second kappa shape index (κ2) is 6.88. The molecule has 4 nitrogen and oxygen atoms in total. The van der Waals surface area contributed by atoms with Crippen molar-refractivity contribution in [3.8, 4) is 5.88 Å². The molecule has 1 aromatic carbocycles. The molecule has 0 amide bonds. The van der Waals surface area contributed by atoms with Crippen LogP contribution in [-0.2, 0) is 6.42 Å². The Bertz CT molecular complexity index is 592. The second-order valence-electron chi connectivity index (χ2n) is 4.27. The van der Waals surface area contributed by atoms with Crippen LogP contribution in [0.5, 0.6) is 5.88 Å². The highest BCUT2D eigenvalue weighted by Gasteiger charge is 2.14. The number of likely N-dealkylation sites (N-methyl/N-ethyl adjacent to an activating group) is 1. The van der Waals surface area contributed by atoms with Crippen LogP contribution in [0, 0.1) is 0 Å². The van der Waals surface area contributed by atoms with E-state index in [0.29, 0.717) is 22.3 Å². The van der Waals surface area contributed by atoms with Gasteiger partial charge in [0.1, 0.15) is 6.33 Å². The Morgan fingerprint density at radius 2 is 2.05 bits per heavy atom. The highest BCUT2D eigenvalue weighted by atomic mass is 35.5. The number of aromatic nitrogens is 2. The van der Waals surface area contributed by atoms with E-state index in [4.69, 9.17) is 27.9 Å². The molecule has 0 saturated carbocycles. The monoisotopic (exact) mass is 311 g/mol. The number of methoxy groups -OCH3 is 1. The molecular formula is C14H15Cl2N3O. The molecule has 0 aliphatic carbocycles. The van der Waals surface area contributed by atoms with Gasteiger partial charge in [0.05, 0.1) is 18.8 Å². The van der Waals surface area contributed by atoms with E-state index in [1.165, 1.54) is 6.33 Å². The van der Waals surface area contributed by atoms with Gasteiger partial charge in [-0.25, -0.2) is 9.97 Å². The van der Waals surface area contributed by atoms with Crippen LogP contribution in [0.3, 0.4) is 0 Å². The smallest absolute Gasteiger partial charge is 0.216 e. The number of rotatable bonds is 5. The Balaban J connectivity index is 2.23. The molecule has 0 spiro atoms. The molecule has 0 bridgehead atoms. The molecule has 106 valence electrons. The van der Waals surface area contributed by atoms with Gasteiger partial charge in [-0.05, 0) is 31.2 Å². The van der Waals surface area contributed by atoms with Crippen molar-refractivity contribution in [2.45, 2.75) is 12.5 Å². The van der Waals surface area contributed by atoms with Gasteiger partial charge >= 0.3 is 0 Å². The molecule has 0 fully saturated rings. The lowest BCUT2D eigenvalue weighted by Crippen LogP contribution is -2.20. The van der Waals surface area contributed by atoms with Crippen LogP contribution < -0.4 is 10.1 Å². The molecule has 1 N–H and O–H groups in total. The van der Waals surface area contributed by atoms with E-state index in [0.717, 1.165) is 11.3 Å². The van der Waals surface area contributed by atoms with Gasteiger partial charge in [0, 0.05) is 16.1 Å². The van der Waals surface area contributed by atoms with Gasteiger partial charge in [0.25, 0.3) is 0 Å². The average Bonchev–Trinajstić information content (AvgIpc) is 2.46. The summed E-state index contributed by atoms with van der Waals surface area (Å²) in [6, 6.07) is 7.32. The SMILES string of the molecule is CNC(Cc1ccc(Cl)cc1Cl)c1cc(OC)ncn1. The number of benzene rings is 1. The first kappa shape index (κ1) is 15.0. The van der Waals surface area contributed by atoms with Gasteiger partial charge in [-0.1, -0.05) is 29.3 Å². The summed E-state index contributed by atoms with van der Waals surface area (Å²) in [6.07, 6.45) is 2.19. The Hall–Kier alpha value is -1.36. The first-order valence-corrected chi connectivity index (χ1v) is 6.86. The van der Waals surface area contributed by atoms with Gasteiger partial charge in [0.2, 0.25) is 5.88 Å². The van der Waals surface area contributed by atoms with Crippen LogP contribution in [0.4, 0.5) is 0 Å². The van der Waals surface area contributed by atoms with E-state index in [1.54, 1.807) is 13.2 Å². The summed E-state index contributed by atoms with van der Waals surface area (Å²) in [5, 5.41) is 4.50. The van der Waals surface area contributed by atoms with E-state index in [2.05, 4.69) is 15.3 Å². The molecule has 0 aliphatic rings. The Labute approximate surface area is 128 Å². The number of halogens is 2. The summed E-state index contributed by atoms with van der Waals surface area (Å²) < 4.78 is 5.12. The third kappa shape index (κ3) is 3.60. The molecule has 1 unspecified atom stereocenters. The minimum absolute atomic E-state index is 0.0191. The summed E-state index contributed by atoms with van der Waals surface area (Å²) in [6.45, 7) is 0. The highest BCUT2D eigenvalue weighted by Crippen LogP contribution is 2.26. The molecule has 6 heteroatoms. The molecular weight excluding hydrogens is 297 g/mol. The van der Waals surface area contributed by atoms with Crippen LogP contribution >= 0.6 is 23.2 Å². The van der Waals surface area contributed by atoms with Gasteiger partial charge in [-0.3, -0.25) is 0 Å². The number of hydrogen-bond donors (Lipinski definition) is 1. The first-order valence-electron chi connectivity index (χ1n) is 6.11. The number of hydrogen-bond acceptors (Lipinski definition) is 4. The van der Waals surface area contributed by atoms with E-state index < -0.39 is 0 Å². The zero-order valence-corrected chi connectivity index (χ0v) is 12.7. The van der Waals surface area contributed by atoms with Crippen molar-refractivity contribution >= 4 is 23.2 Å². The van der Waals surface area contributed by atoms with Crippen molar-refractivity contribution in [2.24, 2.45) is 0 Å².